The van der Waals surface area contributed by atoms with Gasteiger partial charge in [-0.05, 0) is 12.8 Å². The van der Waals surface area contributed by atoms with Gasteiger partial charge in [0.25, 0.3) is 5.89 Å². The van der Waals surface area contributed by atoms with Crippen molar-refractivity contribution in [3.63, 3.8) is 0 Å². The third-order valence-electron chi connectivity index (χ3n) is 3.02. The zero-order valence-corrected chi connectivity index (χ0v) is 10.4. The van der Waals surface area contributed by atoms with Crippen molar-refractivity contribution >= 4 is 0 Å². The molecule has 1 heterocycles. The standard InChI is InChI=1S/C12H8F5N3O/c13-7-6(8(14)10(16)11(17)9(7)15)12-19-5(20-21-12)3-18-4-1-2-4/h4,18H,1-3H2. The fraction of sp³-hybridized carbons (Fsp3) is 0.333. The lowest BCUT2D eigenvalue weighted by atomic mass is 10.1. The van der Waals surface area contributed by atoms with Crippen molar-refractivity contribution in [2.45, 2.75) is 25.4 Å². The highest BCUT2D eigenvalue weighted by atomic mass is 19.2. The molecule has 1 N–H and O–H groups in total. The molecule has 3 rings (SSSR count). The molecule has 1 saturated carbocycles. The normalized spacial score (nSPS) is 14.7. The maximum absolute atomic E-state index is 13.6. The second-order valence-electron chi connectivity index (χ2n) is 4.62. The molecule has 0 unspecified atom stereocenters. The molecule has 1 aliphatic carbocycles. The van der Waals surface area contributed by atoms with Crippen LogP contribution in [0.5, 0.6) is 0 Å². The summed E-state index contributed by atoms with van der Waals surface area (Å²) in [6, 6.07) is 0.334. The Hall–Kier alpha value is -2.03. The predicted molar refractivity (Wildman–Crippen MR) is 59.4 cm³/mol. The minimum Gasteiger partial charge on any atom is -0.334 e. The lowest BCUT2D eigenvalue weighted by Crippen LogP contribution is -2.16. The molecule has 1 aromatic heterocycles. The number of nitrogens with one attached hydrogen (secondary N) is 1. The first kappa shape index (κ1) is 13.9. The number of benzene rings is 1. The van der Waals surface area contributed by atoms with E-state index in [9.17, 15) is 22.0 Å². The summed E-state index contributed by atoms with van der Waals surface area (Å²) >= 11 is 0. The van der Waals surface area contributed by atoms with Crippen LogP contribution in [0.1, 0.15) is 18.7 Å². The molecule has 1 fully saturated rings. The van der Waals surface area contributed by atoms with Crippen LogP contribution in [-0.2, 0) is 6.54 Å². The number of hydrogen-bond donors (Lipinski definition) is 1. The molecule has 0 atom stereocenters. The number of aromatic nitrogens is 2. The van der Waals surface area contributed by atoms with Gasteiger partial charge < -0.3 is 9.84 Å². The first-order valence-electron chi connectivity index (χ1n) is 6.06. The van der Waals surface area contributed by atoms with Crippen LogP contribution in [0.3, 0.4) is 0 Å². The summed E-state index contributed by atoms with van der Waals surface area (Å²) < 4.78 is 70.8. The third-order valence-corrected chi connectivity index (χ3v) is 3.02. The molecular weight excluding hydrogens is 297 g/mol. The molecule has 0 radical (unpaired) electrons. The van der Waals surface area contributed by atoms with E-state index < -0.39 is 40.5 Å². The van der Waals surface area contributed by atoms with Crippen LogP contribution < -0.4 is 5.32 Å². The van der Waals surface area contributed by atoms with Crippen LogP contribution in [0.2, 0.25) is 0 Å². The zero-order valence-electron chi connectivity index (χ0n) is 10.4. The summed E-state index contributed by atoms with van der Waals surface area (Å²) in [4.78, 5) is 3.64. The highest BCUT2D eigenvalue weighted by molar-refractivity contribution is 5.55. The maximum Gasteiger partial charge on any atom is 0.264 e. The summed E-state index contributed by atoms with van der Waals surface area (Å²) in [5.41, 5.74) is -1.23. The average molecular weight is 305 g/mol. The molecule has 0 saturated heterocycles. The minimum atomic E-state index is -2.23. The maximum atomic E-state index is 13.6. The van der Waals surface area contributed by atoms with Gasteiger partial charge in [-0.1, -0.05) is 5.16 Å². The van der Waals surface area contributed by atoms with Gasteiger partial charge >= 0.3 is 0 Å². The molecule has 21 heavy (non-hydrogen) atoms. The Morgan fingerprint density at radius 2 is 1.52 bits per heavy atom. The monoisotopic (exact) mass is 305 g/mol. The van der Waals surface area contributed by atoms with Crippen molar-refractivity contribution in [1.82, 2.24) is 15.5 Å². The zero-order chi connectivity index (χ0) is 15.1. The molecule has 112 valence electrons. The van der Waals surface area contributed by atoms with Crippen molar-refractivity contribution in [3.8, 4) is 11.5 Å². The number of hydrogen-bond acceptors (Lipinski definition) is 4. The van der Waals surface area contributed by atoms with E-state index in [2.05, 4.69) is 20.0 Å². The van der Waals surface area contributed by atoms with Crippen molar-refractivity contribution in [2.24, 2.45) is 0 Å². The highest BCUT2D eigenvalue weighted by Crippen LogP contribution is 2.30. The van der Waals surface area contributed by atoms with Gasteiger partial charge in [0.1, 0.15) is 5.56 Å². The van der Waals surface area contributed by atoms with Gasteiger partial charge in [-0.3, -0.25) is 0 Å². The second kappa shape index (κ2) is 5.06. The van der Waals surface area contributed by atoms with Crippen molar-refractivity contribution in [2.75, 3.05) is 0 Å². The number of rotatable bonds is 4. The Morgan fingerprint density at radius 3 is 2.10 bits per heavy atom. The van der Waals surface area contributed by atoms with Crippen molar-refractivity contribution in [1.29, 1.82) is 0 Å². The van der Waals surface area contributed by atoms with Gasteiger partial charge in [0.05, 0.1) is 6.54 Å². The van der Waals surface area contributed by atoms with Crippen molar-refractivity contribution < 1.29 is 26.5 Å². The molecule has 1 aromatic carbocycles. The van der Waals surface area contributed by atoms with E-state index in [0.717, 1.165) is 12.8 Å². The van der Waals surface area contributed by atoms with E-state index in [0.29, 0.717) is 6.04 Å². The Balaban J connectivity index is 1.96. The molecule has 2 aromatic rings. The second-order valence-corrected chi connectivity index (χ2v) is 4.62. The first-order chi connectivity index (χ1) is 9.99. The van der Waals surface area contributed by atoms with Crippen LogP contribution in [0.25, 0.3) is 11.5 Å². The van der Waals surface area contributed by atoms with E-state index in [1.807, 2.05) is 0 Å². The van der Waals surface area contributed by atoms with Crippen molar-refractivity contribution in [3.05, 3.63) is 34.9 Å². The molecule has 1 aliphatic rings. The Morgan fingerprint density at radius 1 is 0.952 bits per heavy atom. The quantitative estimate of drug-likeness (QED) is 0.536. The summed E-state index contributed by atoms with van der Waals surface area (Å²) in [5.74, 6) is -11.0. The summed E-state index contributed by atoms with van der Waals surface area (Å²) in [5, 5.41) is 6.45. The summed E-state index contributed by atoms with van der Waals surface area (Å²) in [7, 11) is 0. The van der Waals surface area contributed by atoms with Gasteiger partial charge in [0.15, 0.2) is 29.1 Å². The molecule has 0 aliphatic heterocycles. The first-order valence-corrected chi connectivity index (χ1v) is 6.06. The third kappa shape index (κ3) is 2.48. The number of halogens is 5. The fourth-order valence-corrected chi connectivity index (χ4v) is 1.74. The Bertz CT molecular complexity index is 669. The Kier molecular flexibility index (Phi) is 3.36. The lowest BCUT2D eigenvalue weighted by Gasteiger charge is -2.03. The molecule has 0 spiro atoms. The van der Waals surface area contributed by atoms with Crippen LogP contribution in [-0.4, -0.2) is 16.2 Å². The molecule has 0 amide bonds. The SMILES string of the molecule is Fc1c(F)c(F)c(-c2nc(CNC3CC3)no2)c(F)c1F. The number of nitrogens with zero attached hydrogens (tertiary/aromatic N) is 2. The van der Waals surface area contributed by atoms with E-state index in [1.54, 1.807) is 0 Å². The minimum absolute atomic E-state index is 0.0702. The van der Waals surface area contributed by atoms with Gasteiger partial charge in [0, 0.05) is 6.04 Å². The van der Waals surface area contributed by atoms with E-state index >= 15 is 0 Å². The van der Waals surface area contributed by atoms with Crippen LogP contribution in [0.4, 0.5) is 22.0 Å². The van der Waals surface area contributed by atoms with Gasteiger partial charge in [0.2, 0.25) is 5.82 Å². The largest absolute Gasteiger partial charge is 0.334 e. The van der Waals surface area contributed by atoms with E-state index in [1.165, 1.54) is 0 Å². The van der Waals surface area contributed by atoms with E-state index in [4.69, 9.17) is 0 Å². The molecule has 4 nitrogen and oxygen atoms in total. The Labute approximate surface area is 115 Å². The van der Waals surface area contributed by atoms with Gasteiger partial charge in [-0.25, -0.2) is 22.0 Å². The van der Waals surface area contributed by atoms with Gasteiger partial charge in [-0.2, -0.15) is 4.98 Å². The lowest BCUT2D eigenvalue weighted by molar-refractivity contribution is 0.371. The topological polar surface area (TPSA) is 51.0 Å². The van der Waals surface area contributed by atoms with Crippen LogP contribution in [0.15, 0.2) is 4.52 Å². The van der Waals surface area contributed by atoms with E-state index in [-0.39, 0.29) is 12.4 Å². The summed E-state index contributed by atoms with van der Waals surface area (Å²) in [6.45, 7) is 0.184. The van der Waals surface area contributed by atoms with Crippen LogP contribution >= 0.6 is 0 Å². The predicted octanol–water partition coefficient (Wildman–Crippen LogP) is 2.68. The van der Waals surface area contributed by atoms with Crippen LogP contribution in [0, 0.1) is 29.1 Å². The molecular formula is C12H8F5N3O. The highest BCUT2D eigenvalue weighted by Gasteiger charge is 2.30. The fourth-order valence-electron chi connectivity index (χ4n) is 1.74. The smallest absolute Gasteiger partial charge is 0.264 e. The average Bonchev–Trinajstić information content (AvgIpc) is 3.20. The molecule has 9 heteroatoms. The summed E-state index contributed by atoms with van der Waals surface area (Å²) in [6.07, 6.45) is 2.00. The molecule has 0 bridgehead atoms. The van der Waals surface area contributed by atoms with Gasteiger partial charge in [-0.15, -0.1) is 0 Å².